The van der Waals surface area contributed by atoms with E-state index in [9.17, 15) is 0 Å². The zero-order valence-corrected chi connectivity index (χ0v) is 27.8. The van der Waals surface area contributed by atoms with Gasteiger partial charge in [0.2, 0.25) is 12.6 Å². The average molecular weight is 595 g/mol. The van der Waals surface area contributed by atoms with Gasteiger partial charge in [-0.1, -0.05) is 27.7 Å². The molecule has 2 aromatic carbocycles. The molecule has 0 aliphatic carbocycles. The molecule has 10 nitrogen and oxygen atoms in total. The molecule has 0 radical (unpaired) electrons. The summed E-state index contributed by atoms with van der Waals surface area (Å²) in [6.07, 6.45) is 9.78. The van der Waals surface area contributed by atoms with Crippen LogP contribution in [-0.4, -0.2) is 81.6 Å². The van der Waals surface area contributed by atoms with E-state index in [1.807, 2.05) is 126 Å². The third-order valence-electron chi connectivity index (χ3n) is 5.87. The average Bonchev–Trinajstić information content (AvgIpc) is 3.42. The molecule has 234 valence electrons. The highest BCUT2D eigenvalue weighted by molar-refractivity contribution is 6.15. The number of benzene rings is 2. The Morgan fingerprint density at radius 1 is 0.756 bits per heavy atom. The third kappa shape index (κ3) is 16.0. The quantitative estimate of drug-likeness (QED) is 0.121. The molecule has 0 saturated heterocycles. The van der Waals surface area contributed by atoms with Crippen molar-refractivity contribution >= 4 is 34.4 Å². The molecule has 41 heavy (non-hydrogen) atoms. The van der Waals surface area contributed by atoms with Crippen molar-refractivity contribution in [3.05, 3.63) is 73.3 Å². The Hall–Kier alpha value is -3.15. The maximum atomic E-state index is 5.79. The molecule has 0 saturated carbocycles. The van der Waals surface area contributed by atoms with Crippen LogP contribution in [0.5, 0.6) is 0 Å². The highest BCUT2D eigenvalue weighted by Crippen LogP contribution is 2.14. The summed E-state index contributed by atoms with van der Waals surface area (Å²) in [5.41, 5.74) is 26.4. The predicted octanol–water partition coefficient (Wildman–Crippen LogP) is 3.16. The van der Waals surface area contributed by atoms with Crippen molar-refractivity contribution in [2.24, 2.45) is 11.5 Å². The lowest BCUT2D eigenvalue weighted by molar-refractivity contribution is -0.868. The summed E-state index contributed by atoms with van der Waals surface area (Å²) in [6.45, 7) is 9.68. The molecule has 0 spiro atoms. The number of quaternary nitrogens is 2. The minimum absolute atomic E-state index is 0.0880. The van der Waals surface area contributed by atoms with E-state index >= 15 is 0 Å². The maximum absolute atomic E-state index is 5.79. The lowest BCUT2D eigenvalue weighted by atomic mass is 10.3. The minimum atomic E-state index is 0.0880. The van der Waals surface area contributed by atoms with Crippen LogP contribution in [0.15, 0.2) is 73.3 Å². The maximum Gasteiger partial charge on any atom is 0.223 e. The van der Waals surface area contributed by atoms with Crippen LogP contribution < -0.4 is 38.5 Å². The highest BCUT2D eigenvalue weighted by atomic mass is 35.5. The predicted molar refractivity (Wildman–Crippen MR) is 182 cm³/mol. The van der Waals surface area contributed by atoms with Gasteiger partial charge in [-0.05, 0) is 48.5 Å². The fourth-order valence-electron chi connectivity index (χ4n) is 3.29. The van der Waals surface area contributed by atoms with Crippen molar-refractivity contribution in [2.75, 3.05) is 76.8 Å². The number of nitrogen functional groups attached to an aromatic ring is 2. The van der Waals surface area contributed by atoms with Gasteiger partial charge < -0.3 is 31.9 Å². The third-order valence-corrected chi connectivity index (χ3v) is 5.87. The number of anilines is 4. The Kier molecular flexibility index (Phi) is 22.0. The van der Waals surface area contributed by atoms with Crippen LogP contribution in [0.3, 0.4) is 0 Å². The first-order valence-electron chi connectivity index (χ1n) is 14.1. The number of alkyl halides is 1. The van der Waals surface area contributed by atoms with Crippen molar-refractivity contribution < 1.29 is 9.38 Å². The van der Waals surface area contributed by atoms with Gasteiger partial charge in [0.1, 0.15) is 12.4 Å². The van der Waals surface area contributed by atoms with E-state index in [1.165, 1.54) is 11.3 Å². The van der Waals surface area contributed by atoms with Crippen LogP contribution in [0.2, 0.25) is 0 Å². The van der Waals surface area contributed by atoms with Gasteiger partial charge in [0.05, 0.1) is 33.5 Å². The Morgan fingerprint density at radius 2 is 1.15 bits per heavy atom. The van der Waals surface area contributed by atoms with Crippen molar-refractivity contribution in [1.29, 1.82) is 0 Å². The zero-order valence-electron chi connectivity index (χ0n) is 27.0. The summed E-state index contributed by atoms with van der Waals surface area (Å²) in [7, 11) is 10.1. The van der Waals surface area contributed by atoms with E-state index in [-0.39, 0.29) is 12.6 Å². The van der Waals surface area contributed by atoms with E-state index in [1.54, 1.807) is 0 Å². The van der Waals surface area contributed by atoms with Gasteiger partial charge >= 0.3 is 0 Å². The molecule has 3 unspecified atom stereocenters. The van der Waals surface area contributed by atoms with Gasteiger partial charge in [0.25, 0.3) is 0 Å². The minimum Gasteiger partial charge on any atom is -0.399 e. The van der Waals surface area contributed by atoms with Crippen LogP contribution in [0.25, 0.3) is 0 Å². The molecule has 0 fully saturated rings. The summed E-state index contributed by atoms with van der Waals surface area (Å²) in [5.74, 6) is 0. The van der Waals surface area contributed by atoms with Crippen LogP contribution >= 0.6 is 11.6 Å². The van der Waals surface area contributed by atoms with Crippen LogP contribution in [0.1, 0.15) is 27.7 Å². The normalized spacial score (nSPS) is 18.9. The Balaban J connectivity index is 0. The number of hydrogen-bond acceptors (Lipinski definition) is 8. The largest absolute Gasteiger partial charge is 0.399 e. The molecule has 2 aliphatic rings. The lowest BCUT2D eigenvalue weighted by Gasteiger charge is -2.29. The number of nitrogens with two attached hydrogens (primary N) is 4. The Labute approximate surface area is 255 Å². The van der Waals surface area contributed by atoms with Gasteiger partial charge in [-0.3, -0.25) is 20.9 Å². The van der Waals surface area contributed by atoms with Gasteiger partial charge in [-0.15, -0.1) is 11.6 Å². The molecule has 2 heterocycles. The first kappa shape index (κ1) is 40.0. The number of hydrogen-bond donors (Lipinski definition) is 7. The molecular formula is C30H59ClN10+2. The van der Waals surface area contributed by atoms with Crippen LogP contribution in [0, 0.1) is 0 Å². The first-order valence-corrected chi connectivity index (χ1v) is 14.8. The van der Waals surface area contributed by atoms with E-state index in [4.69, 9.17) is 22.9 Å². The number of halogens is 1. The summed E-state index contributed by atoms with van der Waals surface area (Å²) in [5, 5.41) is 6.62. The Bertz CT molecular complexity index is 889. The van der Waals surface area contributed by atoms with Crippen LogP contribution in [-0.2, 0) is 0 Å². The second-order valence-corrected chi connectivity index (χ2v) is 9.27. The molecular weight excluding hydrogens is 536 g/mol. The molecule has 0 amide bonds. The molecule has 4 rings (SSSR count). The fraction of sp³-hybridized carbons (Fsp3) is 0.467. The number of nitrogens with one attached hydrogen (secondary N) is 3. The molecule has 3 atom stereocenters. The monoisotopic (exact) mass is 594 g/mol. The first-order chi connectivity index (χ1) is 19.5. The molecule has 2 aliphatic heterocycles. The van der Waals surface area contributed by atoms with Gasteiger partial charge in [0.15, 0.2) is 0 Å². The topological polar surface area (TPSA) is 139 Å². The van der Waals surface area contributed by atoms with E-state index in [2.05, 4.69) is 42.5 Å². The number of nitrogens with zero attached hydrogens (tertiary/aromatic N) is 3. The fourth-order valence-corrected chi connectivity index (χ4v) is 3.29. The van der Waals surface area contributed by atoms with Gasteiger partial charge in [-0.2, -0.15) is 0 Å². The second kappa shape index (κ2) is 22.5. The van der Waals surface area contributed by atoms with Crippen molar-refractivity contribution in [1.82, 2.24) is 9.80 Å². The summed E-state index contributed by atoms with van der Waals surface area (Å²) >= 11 is 4.64. The summed E-state index contributed by atoms with van der Waals surface area (Å²) < 4.78 is 0.747. The summed E-state index contributed by atoms with van der Waals surface area (Å²) in [4.78, 5) is 5.21. The molecule has 0 aromatic heterocycles. The van der Waals surface area contributed by atoms with Gasteiger partial charge in [-0.25, -0.2) is 0 Å². The van der Waals surface area contributed by atoms with E-state index in [0.717, 1.165) is 40.3 Å². The SMILES string of the molecule is CC.CC.CCl.CN1C=C[N+](C)(C)C1N.CN1C=C[NH+](C)C1N.Nc1ccc(NCCNc2ccc(N)cc2)cc1. The smallest absolute Gasteiger partial charge is 0.223 e. The molecule has 11 N–H and O–H groups in total. The Morgan fingerprint density at radius 3 is 1.34 bits per heavy atom. The second-order valence-electron chi connectivity index (χ2n) is 9.27. The van der Waals surface area contributed by atoms with E-state index in [0.29, 0.717) is 0 Å². The molecule has 0 bridgehead atoms. The van der Waals surface area contributed by atoms with Gasteiger partial charge in [0, 0.05) is 56.3 Å². The zero-order chi connectivity index (χ0) is 32.0. The molecule has 2 aromatic rings. The number of rotatable bonds is 5. The van der Waals surface area contributed by atoms with E-state index < -0.39 is 0 Å². The van der Waals surface area contributed by atoms with Crippen LogP contribution in [0.4, 0.5) is 22.7 Å². The van der Waals surface area contributed by atoms with Crippen molar-refractivity contribution in [3.63, 3.8) is 0 Å². The molecule has 11 heteroatoms. The van der Waals surface area contributed by atoms with Crippen molar-refractivity contribution in [2.45, 2.75) is 40.3 Å². The highest BCUT2D eigenvalue weighted by Gasteiger charge is 2.29. The van der Waals surface area contributed by atoms with Crippen molar-refractivity contribution in [3.8, 4) is 0 Å². The summed E-state index contributed by atoms with van der Waals surface area (Å²) in [6, 6.07) is 15.4. The lowest BCUT2D eigenvalue weighted by Crippen LogP contribution is -3.10. The standard InChI is InChI=1S/C14H18N4.C6H14N3.C5H11N3.2C2H6.CH3Cl/c15-11-1-5-13(6-2-11)17-9-10-18-14-7-3-12(16)4-8-14;1-8-4-5-9(2,3)6(8)7;1-7-3-4-8(2)5(7)6;3*1-2/h1-8,17-18H,9-10,15-16H2;4-6H,7H2,1-3H3;3-5H,6H2,1-2H3;2*1-2H3;1H3/q;+1;;;;/p+1.